The van der Waals surface area contributed by atoms with Crippen molar-refractivity contribution in [2.24, 2.45) is 7.05 Å². The monoisotopic (exact) mass is 358 g/mol. The van der Waals surface area contributed by atoms with Crippen LogP contribution in [0.15, 0.2) is 42.6 Å². The molecule has 0 unspecified atom stereocenters. The van der Waals surface area contributed by atoms with Crippen LogP contribution in [0.4, 0.5) is 10.2 Å². The molecule has 0 saturated carbocycles. The molecule has 3 rings (SSSR count). The minimum Gasteiger partial charge on any atom is -0.357 e. The lowest BCUT2D eigenvalue weighted by Gasteiger charge is -2.08. The summed E-state index contributed by atoms with van der Waals surface area (Å²) in [6, 6.07) is 10.5. The topological polar surface area (TPSA) is 59.7 Å². The highest BCUT2D eigenvalue weighted by Crippen LogP contribution is 2.10. The summed E-state index contributed by atoms with van der Waals surface area (Å²) in [6.07, 6.45) is 1.78. The van der Waals surface area contributed by atoms with E-state index in [4.69, 9.17) is 12.2 Å². The fraction of sp³-hybridized carbons (Fsp3) is 0.235. The Labute approximate surface area is 150 Å². The number of aromatic nitrogens is 4. The molecule has 3 aromatic rings. The fourth-order valence-electron chi connectivity index (χ4n) is 2.48. The summed E-state index contributed by atoms with van der Waals surface area (Å²) in [5.41, 5.74) is 2.58. The largest absolute Gasteiger partial charge is 0.357 e. The van der Waals surface area contributed by atoms with Gasteiger partial charge in [0, 0.05) is 24.9 Å². The van der Waals surface area contributed by atoms with Gasteiger partial charge in [-0.15, -0.1) is 0 Å². The molecule has 0 amide bonds. The van der Waals surface area contributed by atoms with Gasteiger partial charge in [-0.2, -0.15) is 10.2 Å². The van der Waals surface area contributed by atoms with Crippen molar-refractivity contribution in [1.29, 1.82) is 0 Å². The Morgan fingerprint density at radius 2 is 2.04 bits per heavy atom. The Bertz CT molecular complexity index is 885. The van der Waals surface area contributed by atoms with Gasteiger partial charge in [0.15, 0.2) is 10.9 Å². The number of hydrogen-bond donors (Lipinski definition) is 2. The first-order valence-corrected chi connectivity index (χ1v) is 8.23. The van der Waals surface area contributed by atoms with E-state index in [2.05, 4.69) is 20.8 Å². The smallest absolute Gasteiger partial charge is 0.172 e. The van der Waals surface area contributed by atoms with E-state index in [0.717, 1.165) is 11.4 Å². The van der Waals surface area contributed by atoms with E-state index in [1.807, 2.05) is 24.7 Å². The minimum absolute atomic E-state index is 0.240. The van der Waals surface area contributed by atoms with Crippen LogP contribution in [0.1, 0.15) is 17.0 Å². The van der Waals surface area contributed by atoms with E-state index in [-0.39, 0.29) is 5.82 Å². The summed E-state index contributed by atoms with van der Waals surface area (Å²) < 4.78 is 17.2. The van der Waals surface area contributed by atoms with Crippen LogP contribution >= 0.6 is 12.2 Å². The molecule has 0 aliphatic heterocycles. The van der Waals surface area contributed by atoms with Crippen molar-refractivity contribution in [1.82, 2.24) is 24.9 Å². The number of halogens is 1. The molecular formula is C17H19FN6S. The highest BCUT2D eigenvalue weighted by Gasteiger charge is 2.06. The lowest BCUT2D eigenvalue weighted by Crippen LogP contribution is -2.29. The van der Waals surface area contributed by atoms with Crippen LogP contribution in [-0.4, -0.2) is 24.7 Å². The van der Waals surface area contributed by atoms with Crippen molar-refractivity contribution in [2.45, 2.75) is 20.0 Å². The summed E-state index contributed by atoms with van der Waals surface area (Å²) in [5.74, 6) is 0.367. The number of thiocarbonyl (C=S) groups is 1. The zero-order valence-electron chi connectivity index (χ0n) is 14.0. The van der Waals surface area contributed by atoms with Crippen molar-refractivity contribution in [3.8, 4) is 0 Å². The Kier molecular flexibility index (Phi) is 5.08. The molecule has 8 heteroatoms. The van der Waals surface area contributed by atoms with Gasteiger partial charge in [0.2, 0.25) is 0 Å². The number of rotatable bonds is 5. The molecular weight excluding hydrogens is 339 g/mol. The van der Waals surface area contributed by atoms with Crippen LogP contribution in [0.3, 0.4) is 0 Å². The summed E-state index contributed by atoms with van der Waals surface area (Å²) >= 11 is 5.28. The highest BCUT2D eigenvalue weighted by molar-refractivity contribution is 7.80. The number of benzene rings is 1. The third-order valence-electron chi connectivity index (χ3n) is 3.70. The van der Waals surface area contributed by atoms with Gasteiger partial charge in [0.1, 0.15) is 5.82 Å². The highest BCUT2D eigenvalue weighted by atomic mass is 32.1. The van der Waals surface area contributed by atoms with Crippen molar-refractivity contribution in [3.63, 3.8) is 0 Å². The maximum absolute atomic E-state index is 13.7. The quantitative estimate of drug-likeness (QED) is 0.687. The van der Waals surface area contributed by atoms with Crippen LogP contribution in [0, 0.1) is 12.7 Å². The molecule has 0 aliphatic carbocycles. The lowest BCUT2D eigenvalue weighted by molar-refractivity contribution is 0.586. The number of anilines is 1. The van der Waals surface area contributed by atoms with Crippen molar-refractivity contribution < 1.29 is 4.39 Å². The summed E-state index contributed by atoms with van der Waals surface area (Å²) in [4.78, 5) is 0. The first kappa shape index (κ1) is 17.1. The molecule has 2 heterocycles. The first-order valence-electron chi connectivity index (χ1n) is 7.82. The van der Waals surface area contributed by atoms with Crippen molar-refractivity contribution in [3.05, 3.63) is 65.4 Å². The molecule has 0 spiro atoms. The maximum atomic E-state index is 13.7. The summed E-state index contributed by atoms with van der Waals surface area (Å²) in [7, 11) is 1.89. The maximum Gasteiger partial charge on any atom is 0.172 e. The van der Waals surface area contributed by atoms with Gasteiger partial charge in [-0.1, -0.05) is 18.2 Å². The molecule has 0 radical (unpaired) electrons. The van der Waals surface area contributed by atoms with E-state index in [9.17, 15) is 4.39 Å². The zero-order valence-corrected chi connectivity index (χ0v) is 14.8. The second kappa shape index (κ2) is 7.43. The van der Waals surface area contributed by atoms with Crippen LogP contribution < -0.4 is 10.6 Å². The van der Waals surface area contributed by atoms with E-state index in [1.54, 1.807) is 35.1 Å². The Morgan fingerprint density at radius 1 is 1.24 bits per heavy atom. The van der Waals surface area contributed by atoms with Crippen LogP contribution in [-0.2, 0) is 20.1 Å². The van der Waals surface area contributed by atoms with Crippen molar-refractivity contribution >= 4 is 23.1 Å². The van der Waals surface area contributed by atoms with E-state index >= 15 is 0 Å². The van der Waals surface area contributed by atoms with Gasteiger partial charge in [-0.05, 0) is 31.3 Å². The zero-order chi connectivity index (χ0) is 17.8. The van der Waals surface area contributed by atoms with Gasteiger partial charge in [0.05, 0.1) is 24.5 Å². The molecule has 0 bridgehead atoms. The predicted octanol–water partition coefficient (Wildman–Crippen LogP) is 2.60. The summed E-state index contributed by atoms with van der Waals surface area (Å²) in [6.45, 7) is 2.88. The average molecular weight is 358 g/mol. The molecule has 2 aromatic heterocycles. The normalized spacial score (nSPS) is 10.7. The molecule has 2 N–H and O–H groups in total. The third-order valence-corrected chi connectivity index (χ3v) is 3.95. The van der Waals surface area contributed by atoms with E-state index in [1.165, 1.54) is 6.07 Å². The standard InChI is InChI=1S/C17H19FN6S/c1-12-9-14(23(2)21-12)10-19-17(25)20-16-7-8-24(22-16)11-13-5-3-4-6-15(13)18/h3-9H,10-11H2,1-2H3,(H2,19,20,22,25). The predicted molar refractivity (Wildman–Crippen MR) is 98.7 cm³/mol. The first-order chi connectivity index (χ1) is 12.0. The molecule has 0 atom stereocenters. The fourth-order valence-corrected chi connectivity index (χ4v) is 2.66. The van der Waals surface area contributed by atoms with Gasteiger partial charge >= 0.3 is 0 Å². The van der Waals surface area contributed by atoms with Gasteiger partial charge in [-0.25, -0.2) is 4.39 Å². The molecule has 1 aromatic carbocycles. The van der Waals surface area contributed by atoms with Crippen LogP contribution in [0.2, 0.25) is 0 Å². The molecule has 0 fully saturated rings. The number of nitrogens with zero attached hydrogens (tertiary/aromatic N) is 4. The second-order valence-corrected chi connectivity index (χ2v) is 6.11. The van der Waals surface area contributed by atoms with E-state index in [0.29, 0.717) is 29.6 Å². The van der Waals surface area contributed by atoms with Crippen molar-refractivity contribution in [2.75, 3.05) is 5.32 Å². The van der Waals surface area contributed by atoms with Gasteiger partial charge < -0.3 is 10.6 Å². The van der Waals surface area contributed by atoms with Gasteiger partial charge in [-0.3, -0.25) is 9.36 Å². The van der Waals surface area contributed by atoms with E-state index < -0.39 is 0 Å². The average Bonchev–Trinajstić information content (AvgIpc) is 3.13. The molecule has 6 nitrogen and oxygen atoms in total. The number of aryl methyl sites for hydroxylation is 2. The summed E-state index contributed by atoms with van der Waals surface area (Å²) in [5, 5.41) is 15.3. The Hall–Kier alpha value is -2.74. The SMILES string of the molecule is Cc1cc(CNC(=S)Nc2ccn(Cc3ccccc3F)n2)n(C)n1. The Balaban J connectivity index is 1.55. The molecule has 0 aliphatic rings. The van der Waals surface area contributed by atoms with Crippen LogP contribution in [0.5, 0.6) is 0 Å². The molecule has 0 saturated heterocycles. The Morgan fingerprint density at radius 3 is 2.76 bits per heavy atom. The third kappa shape index (κ3) is 4.42. The number of nitrogens with one attached hydrogen (secondary N) is 2. The van der Waals surface area contributed by atoms with Gasteiger partial charge in [0.25, 0.3) is 0 Å². The van der Waals surface area contributed by atoms with Crippen LogP contribution in [0.25, 0.3) is 0 Å². The second-order valence-electron chi connectivity index (χ2n) is 5.70. The molecule has 25 heavy (non-hydrogen) atoms. The number of hydrogen-bond acceptors (Lipinski definition) is 3. The minimum atomic E-state index is -0.240. The molecule has 130 valence electrons. The lowest BCUT2D eigenvalue weighted by atomic mass is 10.2.